The highest BCUT2D eigenvalue weighted by Gasteiger charge is 2.17. The summed E-state index contributed by atoms with van der Waals surface area (Å²) < 4.78 is 28.8. The summed E-state index contributed by atoms with van der Waals surface area (Å²) >= 11 is 0. The van der Waals surface area contributed by atoms with E-state index in [-0.39, 0.29) is 10.6 Å². The van der Waals surface area contributed by atoms with Crippen molar-refractivity contribution in [3.8, 4) is 5.75 Å². The fraction of sp³-hybridized carbons (Fsp3) is 0.0833. The van der Waals surface area contributed by atoms with Gasteiger partial charge in [-0.1, -0.05) is 18.2 Å². The van der Waals surface area contributed by atoms with Gasteiger partial charge >= 0.3 is 10.1 Å². The van der Waals surface area contributed by atoms with Gasteiger partial charge in [-0.15, -0.1) is 0 Å². The molecule has 5 heteroatoms. The van der Waals surface area contributed by atoms with Crippen molar-refractivity contribution in [2.24, 2.45) is 0 Å². The maximum atomic E-state index is 11.9. The first-order valence-electron chi connectivity index (χ1n) is 5.01. The third-order valence-electron chi connectivity index (χ3n) is 2.19. The zero-order valence-electron chi connectivity index (χ0n) is 9.20. The van der Waals surface area contributed by atoms with E-state index in [0.717, 1.165) is 0 Å². The Morgan fingerprint density at radius 3 is 2.41 bits per heavy atom. The molecule has 2 aromatic rings. The first-order chi connectivity index (χ1) is 8.09. The number of benzene rings is 1. The molecule has 0 N–H and O–H groups in total. The second-order valence-electron chi connectivity index (χ2n) is 3.44. The number of aromatic nitrogens is 1. The van der Waals surface area contributed by atoms with Crippen LogP contribution in [-0.4, -0.2) is 13.4 Å². The molecule has 0 spiro atoms. The van der Waals surface area contributed by atoms with Crippen LogP contribution in [0.3, 0.4) is 0 Å². The minimum atomic E-state index is -3.78. The van der Waals surface area contributed by atoms with E-state index in [0.29, 0.717) is 5.69 Å². The third-order valence-corrected chi connectivity index (χ3v) is 3.44. The molecule has 1 heterocycles. The molecule has 1 aromatic heterocycles. The maximum Gasteiger partial charge on any atom is 0.339 e. The molecular formula is C12H11NO3S. The van der Waals surface area contributed by atoms with E-state index in [4.69, 9.17) is 4.18 Å². The lowest BCUT2D eigenvalue weighted by molar-refractivity contribution is 0.482. The summed E-state index contributed by atoms with van der Waals surface area (Å²) in [6.45, 7) is 1.69. The lowest BCUT2D eigenvalue weighted by Gasteiger charge is -2.08. The normalized spacial score (nSPS) is 11.1. The highest BCUT2D eigenvalue weighted by atomic mass is 32.2. The van der Waals surface area contributed by atoms with E-state index < -0.39 is 10.1 Å². The topological polar surface area (TPSA) is 56.3 Å². The smallest absolute Gasteiger partial charge is 0.339 e. The first kappa shape index (κ1) is 11.6. The Hall–Kier alpha value is -1.88. The Balaban J connectivity index is 2.34. The molecule has 0 fully saturated rings. The second-order valence-corrected chi connectivity index (χ2v) is 4.98. The number of aryl methyl sites for hydroxylation is 1. The molecule has 0 saturated carbocycles. The largest absolute Gasteiger partial charge is 0.377 e. The molecule has 2 rings (SSSR count). The molecular weight excluding hydrogens is 238 g/mol. The van der Waals surface area contributed by atoms with Crippen LogP contribution in [0.1, 0.15) is 5.69 Å². The van der Waals surface area contributed by atoms with Crippen molar-refractivity contribution in [1.29, 1.82) is 0 Å². The Morgan fingerprint density at radius 2 is 1.76 bits per heavy atom. The molecule has 88 valence electrons. The van der Waals surface area contributed by atoms with Crippen LogP contribution in [0.4, 0.5) is 0 Å². The minimum Gasteiger partial charge on any atom is -0.377 e. The van der Waals surface area contributed by atoms with E-state index in [1.807, 2.05) is 0 Å². The van der Waals surface area contributed by atoms with Crippen molar-refractivity contribution in [2.45, 2.75) is 11.8 Å². The van der Waals surface area contributed by atoms with Crippen LogP contribution in [0.15, 0.2) is 53.6 Å². The van der Waals surface area contributed by atoms with Crippen molar-refractivity contribution in [3.05, 3.63) is 54.4 Å². The molecule has 0 saturated heterocycles. The van der Waals surface area contributed by atoms with E-state index >= 15 is 0 Å². The van der Waals surface area contributed by atoms with Crippen LogP contribution in [0.25, 0.3) is 0 Å². The van der Waals surface area contributed by atoms with E-state index in [1.54, 1.807) is 43.5 Å². The molecule has 1 aromatic carbocycles. The van der Waals surface area contributed by atoms with Gasteiger partial charge in [0.25, 0.3) is 0 Å². The molecule has 0 bridgehead atoms. The van der Waals surface area contributed by atoms with Gasteiger partial charge in [-0.25, -0.2) is 0 Å². The van der Waals surface area contributed by atoms with Gasteiger partial charge in [0, 0.05) is 6.20 Å². The monoisotopic (exact) mass is 249 g/mol. The molecule has 0 atom stereocenters. The molecule has 0 aliphatic heterocycles. The summed E-state index contributed by atoms with van der Waals surface area (Å²) in [4.78, 5) is 4.10. The predicted octanol–water partition coefficient (Wildman–Crippen LogP) is 2.16. The van der Waals surface area contributed by atoms with Crippen molar-refractivity contribution in [1.82, 2.24) is 4.98 Å². The van der Waals surface area contributed by atoms with Crippen LogP contribution in [0.5, 0.6) is 5.75 Å². The fourth-order valence-electron chi connectivity index (χ4n) is 1.31. The predicted molar refractivity (Wildman–Crippen MR) is 63.2 cm³/mol. The number of pyridine rings is 1. The summed E-state index contributed by atoms with van der Waals surface area (Å²) in [5.41, 5.74) is 0.534. The zero-order chi connectivity index (χ0) is 12.3. The number of nitrogens with zero attached hydrogens (tertiary/aromatic N) is 1. The van der Waals surface area contributed by atoms with Gasteiger partial charge in [0.1, 0.15) is 4.90 Å². The molecule has 0 unspecified atom stereocenters. The van der Waals surface area contributed by atoms with Crippen LogP contribution in [-0.2, 0) is 10.1 Å². The van der Waals surface area contributed by atoms with Crippen LogP contribution >= 0.6 is 0 Å². The van der Waals surface area contributed by atoms with Crippen molar-refractivity contribution >= 4 is 10.1 Å². The molecule has 4 nitrogen and oxygen atoms in total. The summed E-state index contributed by atoms with van der Waals surface area (Å²) in [6.07, 6.45) is 1.58. The maximum absolute atomic E-state index is 11.9. The fourth-order valence-corrected chi connectivity index (χ4v) is 2.31. The third kappa shape index (κ3) is 2.62. The lowest BCUT2D eigenvalue weighted by atomic mass is 10.3. The quantitative estimate of drug-likeness (QED) is 0.782. The lowest BCUT2D eigenvalue weighted by Crippen LogP contribution is -2.10. The second kappa shape index (κ2) is 4.55. The molecule has 0 aliphatic carbocycles. The highest BCUT2D eigenvalue weighted by Crippen LogP contribution is 2.20. The van der Waals surface area contributed by atoms with Crippen molar-refractivity contribution < 1.29 is 12.6 Å². The van der Waals surface area contributed by atoms with E-state index in [2.05, 4.69) is 4.98 Å². The standard InChI is InChI=1S/C12H11NO3S/c1-10-12(8-5-9-13-10)16-17(14,15)11-6-3-2-4-7-11/h2-9H,1H3. The average Bonchev–Trinajstić information content (AvgIpc) is 2.33. The molecule has 0 aliphatic rings. The summed E-state index contributed by atoms with van der Waals surface area (Å²) in [5.74, 6) is 0.247. The number of rotatable bonds is 3. The molecule has 0 radical (unpaired) electrons. The number of hydrogen-bond acceptors (Lipinski definition) is 4. The van der Waals surface area contributed by atoms with Gasteiger partial charge in [-0.2, -0.15) is 8.42 Å². The SMILES string of the molecule is Cc1ncccc1OS(=O)(=O)c1ccccc1. The van der Waals surface area contributed by atoms with Crippen molar-refractivity contribution in [3.63, 3.8) is 0 Å². The zero-order valence-corrected chi connectivity index (χ0v) is 10.0. The first-order valence-corrected chi connectivity index (χ1v) is 6.41. The molecule has 17 heavy (non-hydrogen) atoms. The summed E-state index contributed by atoms with van der Waals surface area (Å²) in [5, 5.41) is 0. The van der Waals surface area contributed by atoms with E-state index in [1.165, 1.54) is 12.1 Å². The van der Waals surface area contributed by atoms with Crippen LogP contribution < -0.4 is 4.18 Å². The van der Waals surface area contributed by atoms with Crippen LogP contribution in [0, 0.1) is 6.92 Å². The Labute approximate surface area is 100 Å². The van der Waals surface area contributed by atoms with Crippen LogP contribution in [0.2, 0.25) is 0 Å². The Morgan fingerprint density at radius 1 is 1.06 bits per heavy atom. The highest BCUT2D eigenvalue weighted by molar-refractivity contribution is 7.87. The van der Waals surface area contributed by atoms with Crippen molar-refractivity contribution in [2.75, 3.05) is 0 Å². The van der Waals surface area contributed by atoms with E-state index in [9.17, 15) is 8.42 Å². The van der Waals surface area contributed by atoms with Gasteiger partial charge < -0.3 is 4.18 Å². The van der Waals surface area contributed by atoms with Gasteiger partial charge in [0.15, 0.2) is 5.75 Å². The average molecular weight is 249 g/mol. The summed E-state index contributed by atoms with van der Waals surface area (Å²) in [6, 6.07) is 11.2. The number of hydrogen-bond donors (Lipinski definition) is 0. The summed E-state index contributed by atoms with van der Waals surface area (Å²) in [7, 11) is -3.78. The van der Waals surface area contributed by atoms with Gasteiger partial charge in [-0.05, 0) is 31.2 Å². The Bertz CT molecular complexity index is 609. The minimum absolute atomic E-state index is 0.128. The van der Waals surface area contributed by atoms with Gasteiger partial charge in [0.05, 0.1) is 5.69 Å². The Kier molecular flexibility index (Phi) is 3.10. The molecule has 0 amide bonds. The van der Waals surface area contributed by atoms with Gasteiger partial charge in [-0.3, -0.25) is 4.98 Å². The van der Waals surface area contributed by atoms with Gasteiger partial charge in [0.2, 0.25) is 0 Å².